The van der Waals surface area contributed by atoms with Crippen molar-refractivity contribution in [3.8, 4) is 0 Å². The normalized spacial score (nSPS) is 11.0. The summed E-state index contributed by atoms with van der Waals surface area (Å²) in [6, 6.07) is 2.04. The zero-order chi connectivity index (χ0) is 14.0. The quantitative estimate of drug-likeness (QED) is 0.885. The molecule has 4 nitrogen and oxygen atoms in total. The minimum atomic E-state index is 0.261. The third kappa shape index (κ3) is 3.25. The highest BCUT2D eigenvalue weighted by Gasteiger charge is 2.11. The van der Waals surface area contributed by atoms with Crippen LogP contribution < -0.4 is 11.1 Å². The number of nitrogens with one attached hydrogen (secondary N) is 1. The van der Waals surface area contributed by atoms with Gasteiger partial charge in [-0.3, -0.25) is 0 Å². The molecule has 2 aromatic heterocycles. The topological polar surface area (TPSA) is 63.8 Å². The molecule has 0 unspecified atom stereocenters. The Labute approximate surface area is 125 Å². The molecule has 0 aliphatic rings. The van der Waals surface area contributed by atoms with Gasteiger partial charge in [-0.2, -0.15) is 0 Å². The monoisotopic (exact) mass is 340 g/mol. The smallest absolute Gasteiger partial charge is 0.135 e. The summed E-state index contributed by atoms with van der Waals surface area (Å²) >= 11 is 5.23. The highest BCUT2D eigenvalue weighted by atomic mass is 79.9. The van der Waals surface area contributed by atoms with E-state index in [-0.39, 0.29) is 5.92 Å². The lowest BCUT2D eigenvalue weighted by molar-refractivity contribution is 0.774. The number of anilines is 2. The first-order chi connectivity index (χ1) is 8.99. The first kappa shape index (κ1) is 14.3. The third-order valence-electron chi connectivity index (χ3n) is 2.82. The molecule has 0 amide bonds. The zero-order valence-electron chi connectivity index (χ0n) is 11.2. The van der Waals surface area contributed by atoms with Gasteiger partial charge in [-0.1, -0.05) is 13.8 Å². The summed E-state index contributed by atoms with van der Waals surface area (Å²) in [5.41, 5.74) is 6.84. The Kier molecular flexibility index (Phi) is 4.42. The van der Waals surface area contributed by atoms with Crippen LogP contribution in [0.4, 0.5) is 11.6 Å². The number of nitrogens with two attached hydrogens (primary N) is 1. The molecule has 2 rings (SSSR count). The Morgan fingerprint density at radius 1 is 1.42 bits per heavy atom. The lowest BCUT2D eigenvalue weighted by Crippen LogP contribution is -2.10. The number of hydrogen-bond donors (Lipinski definition) is 2. The van der Waals surface area contributed by atoms with E-state index in [2.05, 4.69) is 50.4 Å². The van der Waals surface area contributed by atoms with E-state index in [0.717, 1.165) is 28.2 Å². The largest absolute Gasteiger partial charge is 0.383 e. The molecule has 3 N–H and O–H groups in total. The maximum absolute atomic E-state index is 5.94. The standard InChI is InChI=1S/C13H17BrN4S/c1-7(2)12-17-11(15)8(3)13(18-12)16-6-10-9(14)4-5-19-10/h4-5,7H,6H2,1-3H3,(H3,15,16,17,18). The second-order valence-corrected chi connectivity index (χ2v) is 6.50. The number of hydrogen-bond acceptors (Lipinski definition) is 5. The lowest BCUT2D eigenvalue weighted by atomic mass is 10.2. The van der Waals surface area contributed by atoms with Crippen molar-refractivity contribution in [3.63, 3.8) is 0 Å². The molecule has 102 valence electrons. The molecule has 0 saturated heterocycles. The highest BCUT2D eigenvalue weighted by Crippen LogP contribution is 2.25. The molecule has 0 bridgehead atoms. The molecule has 0 aromatic carbocycles. The maximum atomic E-state index is 5.94. The molecule has 0 spiro atoms. The number of rotatable bonds is 4. The third-order valence-corrected chi connectivity index (χ3v) is 4.75. The van der Waals surface area contributed by atoms with Gasteiger partial charge in [0.15, 0.2) is 0 Å². The fourth-order valence-electron chi connectivity index (χ4n) is 1.60. The van der Waals surface area contributed by atoms with Crippen LogP contribution in [-0.2, 0) is 6.54 Å². The fourth-order valence-corrected chi connectivity index (χ4v) is 3.03. The van der Waals surface area contributed by atoms with Gasteiger partial charge in [0.1, 0.15) is 17.5 Å². The van der Waals surface area contributed by atoms with E-state index in [1.807, 2.05) is 13.0 Å². The number of nitrogens with zero attached hydrogens (tertiary/aromatic N) is 2. The molecule has 0 fully saturated rings. The number of aromatic nitrogens is 2. The molecular weight excluding hydrogens is 324 g/mol. The van der Waals surface area contributed by atoms with Gasteiger partial charge >= 0.3 is 0 Å². The molecule has 0 radical (unpaired) electrons. The van der Waals surface area contributed by atoms with Gasteiger partial charge in [0.2, 0.25) is 0 Å². The molecule has 2 aromatic rings. The van der Waals surface area contributed by atoms with Crippen molar-refractivity contribution < 1.29 is 0 Å². The average Bonchev–Trinajstić information content (AvgIpc) is 2.76. The van der Waals surface area contributed by atoms with E-state index in [1.54, 1.807) is 11.3 Å². The minimum absolute atomic E-state index is 0.261. The number of thiophene rings is 1. The SMILES string of the molecule is Cc1c(N)nc(C(C)C)nc1NCc1sccc1Br. The molecular formula is C13H17BrN4S. The highest BCUT2D eigenvalue weighted by molar-refractivity contribution is 9.10. The summed E-state index contributed by atoms with van der Waals surface area (Å²) in [6.07, 6.45) is 0. The Hall–Kier alpha value is -1.14. The second-order valence-electron chi connectivity index (χ2n) is 4.64. The summed E-state index contributed by atoms with van der Waals surface area (Å²) < 4.78 is 1.12. The first-order valence-electron chi connectivity index (χ1n) is 6.08. The molecule has 0 aliphatic heterocycles. The molecule has 2 heterocycles. The van der Waals surface area contributed by atoms with E-state index < -0.39 is 0 Å². The van der Waals surface area contributed by atoms with Crippen LogP contribution in [0.5, 0.6) is 0 Å². The summed E-state index contributed by atoms with van der Waals surface area (Å²) in [5, 5.41) is 5.40. The molecule has 0 atom stereocenters. The van der Waals surface area contributed by atoms with Crippen LogP contribution in [0, 0.1) is 6.92 Å². The van der Waals surface area contributed by atoms with Crippen LogP contribution in [0.15, 0.2) is 15.9 Å². The zero-order valence-corrected chi connectivity index (χ0v) is 13.6. The van der Waals surface area contributed by atoms with E-state index in [9.17, 15) is 0 Å². The summed E-state index contributed by atoms with van der Waals surface area (Å²) in [6.45, 7) is 6.78. The molecule has 6 heteroatoms. The van der Waals surface area contributed by atoms with Gasteiger partial charge in [0.05, 0.1) is 6.54 Å². The predicted molar refractivity (Wildman–Crippen MR) is 84.6 cm³/mol. The van der Waals surface area contributed by atoms with E-state index in [1.165, 1.54) is 4.88 Å². The van der Waals surface area contributed by atoms with Gasteiger partial charge in [-0.15, -0.1) is 11.3 Å². The Balaban J connectivity index is 2.22. The molecule has 0 saturated carbocycles. The summed E-state index contributed by atoms with van der Waals surface area (Å²) in [7, 11) is 0. The lowest BCUT2D eigenvalue weighted by Gasteiger charge is -2.13. The van der Waals surface area contributed by atoms with Crippen LogP contribution in [-0.4, -0.2) is 9.97 Å². The Morgan fingerprint density at radius 3 is 2.74 bits per heavy atom. The van der Waals surface area contributed by atoms with Crippen molar-refractivity contribution in [1.82, 2.24) is 9.97 Å². The minimum Gasteiger partial charge on any atom is -0.383 e. The second kappa shape index (κ2) is 5.88. The maximum Gasteiger partial charge on any atom is 0.135 e. The van der Waals surface area contributed by atoms with Gasteiger partial charge in [0.25, 0.3) is 0 Å². The van der Waals surface area contributed by atoms with Crippen LogP contribution in [0.1, 0.15) is 36.0 Å². The van der Waals surface area contributed by atoms with Gasteiger partial charge in [-0.05, 0) is 34.3 Å². The number of nitrogen functional groups attached to an aromatic ring is 1. The van der Waals surface area contributed by atoms with Crippen molar-refractivity contribution in [2.45, 2.75) is 33.2 Å². The Morgan fingerprint density at radius 2 is 2.16 bits per heavy atom. The van der Waals surface area contributed by atoms with Gasteiger partial charge in [-0.25, -0.2) is 9.97 Å². The van der Waals surface area contributed by atoms with Crippen LogP contribution >= 0.6 is 27.3 Å². The molecule has 0 aliphatic carbocycles. The predicted octanol–water partition coefficient (Wildman–Crippen LogP) is 3.93. The van der Waals surface area contributed by atoms with Crippen LogP contribution in [0.2, 0.25) is 0 Å². The summed E-state index contributed by atoms with van der Waals surface area (Å²) in [4.78, 5) is 10.1. The first-order valence-corrected chi connectivity index (χ1v) is 7.76. The van der Waals surface area contributed by atoms with Crippen LogP contribution in [0.25, 0.3) is 0 Å². The Bertz CT molecular complexity index is 580. The van der Waals surface area contributed by atoms with Gasteiger partial charge < -0.3 is 11.1 Å². The van der Waals surface area contributed by atoms with Crippen molar-refractivity contribution in [3.05, 3.63) is 32.2 Å². The molecule has 19 heavy (non-hydrogen) atoms. The number of halogens is 1. The van der Waals surface area contributed by atoms with Crippen molar-refractivity contribution in [2.24, 2.45) is 0 Å². The fraction of sp³-hybridized carbons (Fsp3) is 0.385. The van der Waals surface area contributed by atoms with Gasteiger partial charge in [0, 0.05) is 20.8 Å². The van der Waals surface area contributed by atoms with Crippen molar-refractivity contribution in [1.29, 1.82) is 0 Å². The average molecular weight is 341 g/mol. The van der Waals surface area contributed by atoms with Crippen LogP contribution in [0.3, 0.4) is 0 Å². The van der Waals surface area contributed by atoms with E-state index >= 15 is 0 Å². The van der Waals surface area contributed by atoms with Crippen molar-refractivity contribution >= 4 is 38.9 Å². The summed E-state index contributed by atoms with van der Waals surface area (Å²) in [5.74, 6) is 2.40. The van der Waals surface area contributed by atoms with Crippen molar-refractivity contribution in [2.75, 3.05) is 11.1 Å². The van der Waals surface area contributed by atoms with E-state index in [4.69, 9.17) is 5.73 Å². The van der Waals surface area contributed by atoms with E-state index in [0.29, 0.717) is 5.82 Å².